The molecular weight excluding hydrogens is 538 g/mol. The van der Waals surface area contributed by atoms with Gasteiger partial charge in [-0.15, -0.1) is 39.7 Å². The number of piperidine rings is 1. The topological polar surface area (TPSA) is 134 Å². The highest BCUT2D eigenvalue weighted by molar-refractivity contribution is 8.93. The summed E-state index contributed by atoms with van der Waals surface area (Å²) in [5.41, 5.74) is -1.72. The van der Waals surface area contributed by atoms with Crippen LogP contribution < -0.4 is 0 Å². The molecule has 0 aromatic carbocycles. The van der Waals surface area contributed by atoms with E-state index in [0.29, 0.717) is 34.0 Å². The number of aliphatic hydroxyl groups is 1. The Hall–Kier alpha value is -1.83. The molecule has 9 nitrogen and oxygen atoms in total. The molecule has 33 heavy (non-hydrogen) atoms. The SMILES string of the molecule is Br.C[N+]1(C)[C@@H]2CC(OC(=O)C(O)(c3cccs3)c3cccs3)C[C@H]1[C@@H]1O[C@@H]12.O=C(O)C(=O)O. The Morgan fingerprint density at radius 1 is 1.00 bits per heavy atom. The van der Waals surface area contributed by atoms with Gasteiger partial charge >= 0.3 is 17.9 Å². The van der Waals surface area contributed by atoms with Gasteiger partial charge in [-0.05, 0) is 22.9 Å². The zero-order valence-corrected chi connectivity index (χ0v) is 21.2. The van der Waals surface area contributed by atoms with Crippen LogP contribution in [-0.2, 0) is 29.5 Å². The number of hydrogen-bond donors (Lipinski definition) is 3. The van der Waals surface area contributed by atoms with Gasteiger partial charge in [-0.2, -0.15) is 0 Å². The van der Waals surface area contributed by atoms with Gasteiger partial charge in [-0.1, -0.05) is 12.1 Å². The summed E-state index contributed by atoms with van der Waals surface area (Å²) in [6, 6.07) is 8.01. The molecule has 3 saturated heterocycles. The summed E-state index contributed by atoms with van der Waals surface area (Å²) in [4.78, 5) is 32.5. The van der Waals surface area contributed by atoms with Gasteiger partial charge < -0.3 is 29.3 Å². The molecule has 3 aliphatic heterocycles. The number of rotatable bonds is 4. The maximum Gasteiger partial charge on any atom is 0.414 e. The Labute approximate surface area is 208 Å². The number of halogens is 1. The minimum Gasteiger partial charge on any atom is -0.473 e. The zero-order valence-electron chi connectivity index (χ0n) is 17.8. The van der Waals surface area contributed by atoms with Gasteiger partial charge in [0.15, 0.2) is 0 Å². The van der Waals surface area contributed by atoms with Crippen molar-refractivity contribution < 1.29 is 43.7 Å². The quantitative estimate of drug-likeness (QED) is 0.223. The average molecular weight is 563 g/mol. The second-order valence-electron chi connectivity index (χ2n) is 8.60. The lowest BCUT2D eigenvalue weighted by molar-refractivity contribution is -0.938. The number of nitrogens with zero attached hydrogens (tertiary/aromatic N) is 1. The van der Waals surface area contributed by atoms with Crippen molar-refractivity contribution in [3.8, 4) is 0 Å². The first kappa shape index (κ1) is 25.8. The van der Waals surface area contributed by atoms with Crippen molar-refractivity contribution in [1.82, 2.24) is 0 Å². The standard InChI is InChI=1S/C19H22NO4S2.C2H2O4.BrH/c1-20(2)12-9-11(10-13(20)17-16(12)24-17)23-18(21)19(22,14-5-3-7-25-14)15-6-4-8-26-15;3-1(4)2(5)6;/h3-8,11-13,16-17,22H,9-10H2,1-2H3;(H,3,4)(H,5,6);1H/q+1;;/t11?,12-,13+,16-,17+;;. The molecule has 0 aliphatic carbocycles. The summed E-state index contributed by atoms with van der Waals surface area (Å²) < 4.78 is 12.6. The van der Waals surface area contributed by atoms with Crippen LogP contribution in [0.2, 0.25) is 0 Å². The molecule has 0 radical (unpaired) electrons. The van der Waals surface area contributed by atoms with Crippen molar-refractivity contribution in [3.63, 3.8) is 0 Å². The number of carboxylic acid groups (broad SMARTS) is 2. The van der Waals surface area contributed by atoms with E-state index in [1.54, 1.807) is 12.1 Å². The molecule has 0 spiro atoms. The number of fused-ring (bicyclic) bond motifs is 5. The second kappa shape index (κ2) is 9.43. The molecule has 5 heterocycles. The Balaban J connectivity index is 0.000000391. The molecule has 5 rings (SSSR count). The largest absolute Gasteiger partial charge is 0.473 e. The number of carboxylic acids is 2. The van der Waals surface area contributed by atoms with Gasteiger partial charge in [0.2, 0.25) is 5.60 Å². The minimum absolute atomic E-state index is 0. The molecule has 0 saturated carbocycles. The van der Waals surface area contributed by atoms with E-state index in [9.17, 15) is 9.90 Å². The molecule has 12 heteroatoms. The lowest BCUT2D eigenvalue weighted by Crippen LogP contribution is -2.60. The number of carbonyl (C=O) groups is 3. The molecule has 2 aromatic rings. The van der Waals surface area contributed by atoms with E-state index in [0.717, 1.165) is 17.3 Å². The molecular formula is C21H25BrNO8S2+. The highest BCUT2D eigenvalue weighted by Gasteiger charge is 2.71. The van der Waals surface area contributed by atoms with E-state index in [2.05, 4.69) is 14.1 Å². The Morgan fingerprint density at radius 2 is 1.45 bits per heavy atom. The van der Waals surface area contributed by atoms with Gasteiger partial charge in [0.05, 0.1) is 23.8 Å². The van der Waals surface area contributed by atoms with Crippen molar-refractivity contribution in [3.05, 3.63) is 44.8 Å². The third kappa shape index (κ3) is 4.60. The normalized spacial score (nSPS) is 28.4. The van der Waals surface area contributed by atoms with E-state index < -0.39 is 23.5 Å². The number of aliphatic carboxylic acids is 2. The van der Waals surface area contributed by atoms with Crippen LogP contribution in [-0.4, -0.2) is 82.2 Å². The Bertz CT molecular complexity index is 943. The summed E-state index contributed by atoms with van der Waals surface area (Å²) in [7, 11) is 4.49. The molecule has 3 fully saturated rings. The molecule has 1 unspecified atom stereocenters. The minimum atomic E-state index is -1.82. The molecule has 0 amide bonds. The smallest absolute Gasteiger partial charge is 0.414 e. The number of thiophene rings is 2. The van der Waals surface area contributed by atoms with Crippen molar-refractivity contribution in [1.29, 1.82) is 0 Å². The van der Waals surface area contributed by atoms with Crippen LogP contribution in [0.4, 0.5) is 0 Å². The van der Waals surface area contributed by atoms with Gasteiger partial charge in [0.1, 0.15) is 30.4 Å². The predicted octanol–water partition coefficient (Wildman–Crippen LogP) is 2.08. The van der Waals surface area contributed by atoms with Crippen LogP contribution in [0.25, 0.3) is 0 Å². The summed E-state index contributed by atoms with van der Waals surface area (Å²) in [6.07, 6.45) is 2.05. The van der Waals surface area contributed by atoms with Crippen molar-refractivity contribution >= 4 is 57.6 Å². The molecule has 3 N–H and O–H groups in total. The second-order valence-corrected chi connectivity index (χ2v) is 10.5. The van der Waals surface area contributed by atoms with E-state index in [1.807, 2.05) is 22.9 Å². The van der Waals surface area contributed by atoms with E-state index in [1.165, 1.54) is 22.7 Å². The summed E-state index contributed by atoms with van der Waals surface area (Å²) >= 11 is 2.74. The number of esters is 1. The van der Waals surface area contributed by atoms with Crippen LogP contribution in [0, 0.1) is 0 Å². The van der Waals surface area contributed by atoms with Crippen molar-refractivity contribution in [2.24, 2.45) is 0 Å². The number of ether oxygens (including phenoxy) is 2. The lowest BCUT2D eigenvalue weighted by atomic mass is 9.95. The first-order chi connectivity index (χ1) is 15.1. The van der Waals surface area contributed by atoms with Crippen LogP contribution in [0.3, 0.4) is 0 Å². The van der Waals surface area contributed by atoms with Crippen LogP contribution in [0.5, 0.6) is 0 Å². The summed E-state index contributed by atoms with van der Waals surface area (Å²) in [5, 5.41) is 29.9. The van der Waals surface area contributed by atoms with Gasteiger partial charge in [0.25, 0.3) is 0 Å². The molecule has 5 atom stereocenters. The fraction of sp³-hybridized carbons (Fsp3) is 0.476. The first-order valence-corrected chi connectivity index (χ1v) is 11.8. The fourth-order valence-electron chi connectivity index (χ4n) is 4.83. The predicted molar refractivity (Wildman–Crippen MR) is 125 cm³/mol. The maximum atomic E-state index is 13.1. The van der Waals surface area contributed by atoms with E-state index >= 15 is 0 Å². The number of morpholine rings is 1. The number of likely N-dealkylation sites (N-methyl/N-ethyl adjacent to an activating group) is 1. The van der Waals surface area contributed by atoms with Gasteiger partial charge in [-0.3, -0.25) is 0 Å². The van der Waals surface area contributed by atoms with Gasteiger partial charge in [-0.25, -0.2) is 14.4 Å². The number of carbonyl (C=O) groups excluding carboxylic acids is 1. The molecule has 180 valence electrons. The number of epoxide rings is 1. The van der Waals surface area contributed by atoms with Crippen molar-refractivity contribution in [2.45, 2.75) is 48.8 Å². The third-order valence-corrected chi connectivity index (χ3v) is 8.50. The van der Waals surface area contributed by atoms with E-state index in [-0.39, 0.29) is 23.1 Å². The molecule has 3 aliphatic rings. The molecule has 2 aromatic heterocycles. The van der Waals surface area contributed by atoms with E-state index in [4.69, 9.17) is 29.3 Å². The fourth-order valence-corrected chi connectivity index (χ4v) is 6.54. The van der Waals surface area contributed by atoms with Crippen LogP contribution in [0.1, 0.15) is 22.6 Å². The monoisotopic (exact) mass is 562 g/mol. The van der Waals surface area contributed by atoms with Crippen LogP contribution >= 0.6 is 39.7 Å². The number of hydrogen-bond acceptors (Lipinski definition) is 8. The van der Waals surface area contributed by atoms with Crippen molar-refractivity contribution in [2.75, 3.05) is 14.1 Å². The highest BCUT2D eigenvalue weighted by Crippen LogP contribution is 2.52. The Kier molecular flexibility index (Phi) is 7.37. The third-order valence-electron chi connectivity index (χ3n) is 6.55. The highest BCUT2D eigenvalue weighted by atomic mass is 79.9. The summed E-state index contributed by atoms with van der Waals surface area (Å²) in [5.74, 6) is -4.21. The average Bonchev–Trinajstić information content (AvgIpc) is 3.10. The molecule has 2 bridgehead atoms. The summed E-state index contributed by atoms with van der Waals surface area (Å²) in [6.45, 7) is 0. The van der Waals surface area contributed by atoms with Crippen LogP contribution in [0.15, 0.2) is 35.0 Å². The zero-order chi connectivity index (χ0) is 23.3. The number of quaternary nitrogens is 1. The first-order valence-electron chi connectivity index (χ1n) is 10.0. The lowest BCUT2D eigenvalue weighted by Gasteiger charge is -2.45. The Morgan fingerprint density at radius 3 is 1.82 bits per heavy atom. The van der Waals surface area contributed by atoms with Gasteiger partial charge in [0, 0.05) is 12.8 Å². The maximum absolute atomic E-state index is 13.1.